The first-order valence-corrected chi connectivity index (χ1v) is 9.17. The van der Waals surface area contributed by atoms with Crippen molar-refractivity contribution in [1.82, 2.24) is 4.90 Å². The summed E-state index contributed by atoms with van der Waals surface area (Å²) in [7, 11) is 1.69. The molecule has 1 amide bonds. The molecule has 0 radical (unpaired) electrons. The van der Waals surface area contributed by atoms with E-state index in [1.165, 1.54) is 5.56 Å². The Morgan fingerprint density at radius 1 is 1.24 bits per heavy atom. The first kappa shape index (κ1) is 17.8. The Kier molecular flexibility index (Phi) is 5.30. The van der Waals surface area contributed by atoms with Gasteiger partial charge < -0.3 is 14.7 Å². The molecule has 1 aromatic rings. The molecule has 1 saturated heterocycles. The van der Waals surface area contributed by atoms with Crippen LogP contribution in [-0.4, -0.2) is 42.1 Å². The average molecular weight is 345 g/mol. The second-order valence-corrected chi connectivity index (χ2v) is 7.46. The maximum atomic E-state index is 12.5. The van der Waals surface area contributed by atoms with Gasteiger partial charge in [0.25, 0.3) is 0 Å². The van der Waals surface area contributed by atoms with E-state index in [1.54, 1.807) is 7.11 Å². The predicted molar refractivity (Wildman–Crippen MR) is 94.5 cm³/mol. The van der Waals surface area contributed by atoms with Crippen molar-refractivity contribution >= 4 is 11.9 Å². The van der Waals surface area contributed by atoms with Crippen LogP contribution < -0.4 is 4.74 Å². The number of methoxy groups -OCH3 is 1. The number of amides is 1. The summed E-state index contributed by atoms with van der Waals surface area (Å²) in [6.45, 7) is 1.46. The number of benzene rings is 1. The Labute approximate surface area is 149 Å². The molecule has 2 aliphatic rings. The van der Waals surface area contributed by atoms with E-state index in [0.717, 1.165) is 44.5 Å². The summed E-state index contributed by atoms with van der Waals surface area (Å²) in [5.41, 5.74) is 0.430. The number of hydrogen-bond acceptors (Lipinski definition) is 3. The maximum absolute atomic E-state index is 12.5. The fraction of sp³-hybridized carbons (Fsp3) is 0.600. The number of carbonyl (C=O) groups excluding carboxylic acids is 1. The van der Waals surface area contributed by atoms with Crippen LogP contribution in [0.4, 0.5) is 0 Å². The van der Waals surface area contributed by atoms with E-state index >= 15 is 0 Å². The van der Waals surface area contributed by atoms with Gasteiger partial charge in [0.2, 0.25) is 5.91 Å². The van der Waals surface area contributed by atoms with Crippen molar-refractivity contribution in [3.63, 3.8) is 0 Å². The highest BCUT2D eigenvalue weighted by Gasteiger charge is 2.46. The van der Waals surface area contributed by atoms with Crippen LogP contribution in [0.5, 0.6) is 5.75 Å². The van der Waals surface area contributed by atoms with Crippen molar-refractivity contribution in [1.29, 1.82) is 0 Å². The quantitative estimate of drug-likeness (QED) is 0.860. The van der Waals surface area contributed by atoms with E-state index in [9.17, 15) is 14.7 Å². The topological polar surface area (TPSA) is 66.8 Å². The molecule has 1 aliphatic heterocycles. The van der Waals surface area contributed by atoms with Crippen molar-refractivity contribution in [2.45, 2.75) is 44.9 Å². The van der Waals surface area contributed by atoms with Crippen molar-refractivity contribution in [3.8, 4) is 5.75 Å². The van der Waals surface area contributed by atoms with Gasteiger partial charge in [0.15, 0.2) is 0 Å². The molecule has 5 nitrogen and oxygen atoms in total. The van der Waals surface area contributed by atoms with Gasteiger partial charge in [-0.3, -0.25) is 9.59 Å². The molecule has 136 valence electrons. The molecular formula is C20H27NO4. The van der Waals surface area contributed by atoms with Crippen LogP contribution in [0.15, 0.2) is 24.3 Å². The van der Waals surface area contributed by atoms with Crippen LogP contribution in [0.1, 0.15) is 44.1 Å². The monoisotopic (exact) mass is 345 g/mol. The normalized spacial score (nSPS) is 20.0. The number of aliphatic carboxylic acids is 1. The molecule has 5 heteroatoms. The van der Waals surface area contributed by atoms with E-state index in [4.69, 9.17) is 4.74 Å². The van der Waals surface area contributed by atoms with E-state index in [-0.39, 0.29) is 12.3 Å². The average Bonchev–Trinajstić information content (AvgIpc) is 2.58. The molecule has 0 atom stereocenters. The largest absolute Gasteiger partial charge is 0.496 e. The Morgan fingerprint density at radius 2 is 1.92 bits per heavy atom. The number of piperidine rings is 1. The smallest absolute Gasteiger partial charge is 0.310 e. The lowest BCUT2D eigenvalue weighted by molar-refractivity contribution is -0.159. The van der Waals surface area contributed by atoms with E-state index in [0.29, 0.717) is 18.8 Å². The van der Waals surface area contributed by atoms with Gasteiger partial charge in [-0.25, -0.2) is 0 Å². The fourth-order valence-corrected chi connectivity index (χ4v) is 4.04. The van der Waals surface area contributed by atoms with Gasteiger partial charge in [0.1, 0.15) is 5.75 Å². The predicted octanol–water partition coefficient (Wildman–Crippen LogP) is 3.12. The molecule has 1 heterocycles. The molecule has 0 bridgehead atoms. The maximum Gasteiger partial charge on any atom is 0.310 e. The number of ether oxygens (including phenoxy) is 1. The number of carboxylic acids is 1. The zero-order valence-electron chi connectivity index (χ0n) is 14.9. The summed E-state index contributed by atoms with van der Waals surface area (Å²) in [6.07, 6.45) is 5.25. The molecule has 0 spiro atoms. The Bertz CT molecular complexity index is 630. The molecule has 1 aliphatic carbocycles. The van der Waals surface area contributed by atoms with Crippen LogP contribution in [0.25, 0.3) is 0 Å². The minimum Gasteiger partial charge on any atom is -0.496 e. The highest BCUT2D eigenvalue weighted by molar-refractivity contribution is 5.85. The molecule has 1 saturated carbocycles. The summed E-state index contributed by atoms with van der Waals surface area (Å²) >= 11 is 0. The molecule has 0 aromatic heterocycles. The SMILES string of the molecule is COc1ccccc1CC1CCN(C(=O)CC2(C(=O)O)CCC2)CC1. The van der Waals surface area contributed by atoms with Crippen LogP contribution in [0, 0.1) is 11.3 Å². The molecule has 0 unspecified atom stereocenters. The number of nitrogens with zero attached hydrogens (tertiary/aromatic N) is 1. The van der Waals surface area contributed by atoms with Crippen molar-refractivity contribution in [2.24, 2.45) is 11.3 Å². The fourth-order valence-electron chi connectivity index (χ4n) is 4.04. The number of carbonyl (C=O) groups is 2. The van der Waals surface area contributed by atoms with E-state index < -0.39 is 11.4 Å². The number of likely N-dealkylation sites (tertiary alicyclic amines) is 1. The second-order valence-electron chi connectivity index (χ2n) is 7.46. The van der Waals surface area contributed by atoms with Crippen LogP contribution in [0.2, 0.25) is 0 Å². The zero-order chi connectivity index (χ0) is 17.9. The summed E-state index contributed by atoms with van der Waals surface area (Å²) < 4.78 is 5.42. The Morgan fingerprint density at radius 3 is 2.48 bits per heavy atom. The lowest BCUT2D eigenvalue weighted by atomic mass is 9.66. The lowest BCUT2D eigenvalue weighted by Gasteiger charge is -2.40. The molecule has 2 fully saturated rings. The lowest BCUT2D eigenvalue weighted by Crippen LogP contribution is -2.46. The van der Waals surface area contributed by atoms with Gasteiger partial charge in [-0.1, -0.05) is 24.6 Å². The third kappa shape index (κ3) is 3.80. The number of hydrogen-bond donors (Lipinski definition) is 1. The molecule has 1 N–H and O–H groups in total. The van der Waals surface area contributed by atoms with Gasteiger partial charge >= 0.3 is 5.97 Å². The zero-order valence-corrected chi connectivity index (χ0v) is 14.9. The van der Waals surface area contributed by atoms with Gasteiger partial charge in [-0.05, 0) is 49.7 Å². The van der Waals surface area contributed by atoms with Crippen molar-refractivity contribution in [2.75, 3.05) is 20.2 Å². The molecular weight excluding hydrogens is 318 g/mol. The van der Waals surface area contributed by atoms with Crippen LogP contribution in [-0.2, 0) is 16.0 Å². The third-order valence-electron chi connectivity index (χ3n) is 5.92. The highest BCUT2D eigenvalue weighted by atomic mass is 16.5. The second kappa shape index (κ2) is 7.46. The molecule has 25 heavy (non-hydrogen) atoms. The Hall–Kier alpha value is -2.04. The number of para-hydroxylation sites is 1. The highest BCUT2D eigenvalue weighted by Crippen LogP contribution is 2.44. The minimum atomic E-state index is -0.807. The first-order chi connectivity index (χ1) is 12.0. The number of carboxylic acid groups (broad SMARTS) is 1. The summed E-state index contributed by atoms with van der Waals surface area (Å²) in [5, 5.41) is 9.40. The minimum absolute atomic E-state index is 0.0119. The van der Waals surface area contributed by atoms with E-state index in [1.807, 2.05) is 23.1 Å². The van der Waals surface area contributed by atoms with E-state index in [2.05, 4.69) is 6.07 Å². The van der Waals surface area contributed by atoms with Crippen molar-refractivity contribution < 1.29 is 19.4 Å². The molecule has 1 aromatic carbocycles. The third-order valence-corrected chi connectivity index (χ3v) is 5.92. The first-order valence-electron chi connectivity index (χ1n) is 9.17. The van der Waals surface area contributed by atoms with Crippen LogP contribution in [0.3, 0.4) is 0 Å². The van der Waals surface area contributed by atoms with Crippen molar-refractivity contribution in [3.05, 3.63) is 29.8 Å². The Balaban J connectivity index is 1.51. The summed E-state index contributed by atoms with van der Waals surface area (Å²) in [4.78, 5) is 25.8. The van der Waals surface area contributed by atoms with Crippen LogP contribution >= 0.6 is 0 Å². The van der Waals surface area contributed by atoms with Gasteiger partial charge in [-0.2, -0.15) is 0 Å². The van der Waals surface area contributed by atoms with Gasteiger partial charge in [0.05, 0.1) is 12.5 Å². The summed E-state index contributed by atoms with van der Waals surface area (Å²) in [5.74, 6) is 0.669. The summed E-state index contributed by atoms with van der Waals surface area (Å²) in [6, 6.07) is 8.09. The van der Waals surface area contributed by atoms with Gasteiger partial charge in [-0.15, -0.1) is 0 Å². The number of rotatable bonds is 6. The standard InChI is InChI=1S/C20H27NO4/c1-25-17-6-3-2-5-16(17)13-15-7-11-21(12-8-15)18(22)14-20(19(23)24)9-4-10-20/h2-3,5-6,15H,4,7-14H2,1H3,(H,23,24). The molecule has 3 rings (SSSR count). The van der Waals surface area contributed by atoms with Gasteiger partial charge in [0, 0.05) is 19.5 Å².